The van der Waals surface area contributed by atoms with Gasteiger partial charge in [-0.05, 0) is 107 Å². The first-order valence-electron chi connectivity index (χ1n) is 12.5. The fourth-order valence-corrected chi connectivity index (χ4v) is 5.65. The van der Waals surface area contributed by atoms with E-state index in [0.717, 1.165) is 63.9 Å². The smallest absolute Gasteiger partial charge is 0.210 e. The van der Waals surface area contributed by atoms with Crippen molar-refractivity contribution in [3.63, 3.8) is 0 Å². The topological polar surface area (TPSA) is 34.0 Å². The quantitative estimate of drug-likeness (QED) is 0.133. The molecule has 192 valence electrons. The van der Waals surface area contributed by atoms with Gasteiger partial charge in [0.15, 0.2) is 0 Å². The van der Waals surface area contributed by atoms with Gasteiger partial charge in [-0.2, -0.15) is 0 Å². The Morgan fingerprint density at radius 1 is 0.943 bits per heavy atom. The van der Waals surface area contributed by atoms with Crippen LogP contribution in [0.25, 0.3) is 5.52 Å². The molecule has 0 radical (unpaired) electrons. The second-order valence-corrected chi connectivity index (χ2v) is 10.4. The van der Waals surface area contributed by atoms with E-state index in [1.807, 2.05) is 40.9 Å². The number of hydrogen-bond acceptors (Lipinski definition) is 3. The number of fused-ring (bicyclic) bond motifs is 1. The number of unbranched alkanes of at least 4 members (excludes halogenated alkanes) is 2. The van der Waals surface area contributed by atoms with Crippen molar-refractivity contribution in [1.29, 1.82) is 0 Å². The molecule has 7 heteroatoms. The monoisotopic (exact) mass is 626 g/mol. The maximum Gasteiger partial charge on any atom is 0.210 e. The summed E-state index contributed by atoms with van der Waals surface area (Å²) < 4.78 is 9.69. The highest BCUT2D eigenvalue weighted by Crippen LogP contribution is 2.36. The van der Waals surface area contributed by atoms with Crippen molar-refractivity contribution in [2.75, 3.05) is 26.2 Å². The lowest BCUT2D eigenvalue weighted by Gasteiger charge is -2.22. The Kier molecular flexibility index (Phi) is 12.8. The largest absolute Gasteiger partial charge is 0.491 e. The highest BCUT2D eigenvalue weighted by atomic mass is 79.9. The van der Waals surface area contributed by atoms with Crippen LogP contribution in [0.3, 0.4) is 0 Å². The zero-order chi connectivity index (χ0) is 24.5. The lowest BCUT2D eigenvalue weighted by Crippen LogP contribution is -2.28. The van der Waals surface area contributed by atoms with Crippen LogP contribution in [0.1, 0.15) is 74.5 Å². The summed E-state index contributed by atoms with van der Waals surface area (Å²) in [6.07, 6.45) is 8.67. The fraction of sp³-hybridized carbons (Fsp3) is 0.464. The van der Waals surface area contributed by atoms with Crippen LogP contribution in [-0.2, 0) is 6.42 Å². The van der Waals surface area contributed by atoms with Crippen molar-refractivity contribution in [3.8, 4) is 5.75 Å². The number of hydrogen-bond donors (Lipinski definition) is 0. The number of rotatable bonds is 14. The van der Waals surface area contributed by atoms with Gasteiger partial charge in [-0.25, -0.2) is 0 Å². The number of pyridine rings is 1. The Balaban J connectivity index is 0.00000432. The van der Waals surface area contributed by atoms with Crippen LogP contribution in [0.2, 0.25) is 0 Å². The molecular weight excluding hydrogens is 592 g/mol. The molecule has 0 aliphatic rings. The number of benzene rings is 1. The number of ether oxygens (including phenoxy) is 1. The van der Waals surface area contributed by atoms with Gasteiger partial charge in [-0.15, -0.1) is 12.4 Å². The summed E-state index contributed by atoms with van der Waals surface area (Å²) in [6.45, 7) is 10.6. The molecule has 0 fully saturated rings. The second-order valence-electron chi connectivity index (χ2n) is 8.72. The first kappa shape index (κ1) is 29.9. The molecule has 0 bridgehead atoms. The van der Waals surface area contributed by atoms with E-state index >= 15 is 0 Å². The van der Waals surface area contributed by atoms with Crippen LogP contribution in [0.5, 0.6) is 5.75 Å². The Labute approximate surface area is 233 Å². The summed E-state index contributed by atoms with van der Waals surface area (Å²) in [5.74, 6) is 0.763. The molecule has 2 aromatic heterocycles. The summed E-state index contributed by atoms with van der Waals surface area (Å²) >= 11 is 7.28. The van der Waals surface area contributed by atoms with Crippen molar-refractivity contribution in [3.05, 3.63) is 68.4 Å². The van der Waals surface area contributed by atoms with Gasteiger partial charge < -0.3 is 14.0 Å². The van der Waals surface area contributed by atoms with E-state index in [9.17, 15) is 4.79 Å². The predicted octanol–water partition coefficient (Wildman–Crippen LogP) is 8.35. The van der Waals surface area contributed by atoms with Gasteiger partial charge in [0.25, 0.3) is 0 Å². The molecule has 4 nitrogen and oxygen atoms in total. The number of halogens is 3. The minimum atomic E-state index is 0. The molecular formula is C28H37Br2ClN2O2. The first-order valence-corrected chi connectivity index (χ1v) is 14.1. The maximum atomic E-state index is 13.5. The summed E-state index contributed by atoms with van der Waals surface area (Å²) in [4.78, 5) is 16.1. The fourth-order valence-electron chi connectivity index (χ4n) is 4.23. The average Bonchev–Trinajstić information content (AvgIpc) is 3.22. The summed E-state index contributed by atoms with van der Waals surface area (Å²) in [6, 6.07) is 11.8. The van der Waals surface area contributed by atoms with Crippen molar-refractivity contribution >= 4 is 55.6 Å². The number of aromatic nitrogens is 1. The number of carbonyl (C=O) groups excluding carboxylic acids is 1. The molecule has 35 heavy (non-hydrogen) atoms. The first-order chi connectivity index (χ1) is 16.5. The minimum Gasteiger partial charge on any atom is -0.491 e. The molecule has 0 amide bonds. The van der Waals surface area contributed by atoms with E-state index in [0.29, 0.717) is 12.2 Å². The minimum absolute atomic E-state index is 0. The van der Waals surface area contributed by atoms with Gasteiger partial charge >= 0.3 is 0 Å². The van der Waals surface area contributed by atoms with Gasteiger partial charge in [-0.1, -0.05) is 39.7 Å². The van der Waals surface area contributed by atoms with Gasteiger partial charge in [0.05, 0.1) is 21.2 Å². The SMILES string of the molecule is CCCCN(CCCC)CCCOc1c(Br)cc(C(=O)c2c(CC)cc3ccccn23)cc1Br.Cl. The Bertz CT molecular complexity index is 1070. The molecule has 2 heterocycles. The molecule has 3 aromatic rings. The average molecular weight is 629 g/mol. The summed E-state index contributed by atoms with van der Waals surface area (Å²) in [5.41, 5.74) is 3.45. The van der Waals surface area contributed by atoms with E-state index in [4.69, 9.17) is 4.74 Å². The molecule has 3 rings (SSSR count). The van der Waals surface area contributed by atoms with E-state index in [-0.39, 0.29) is 18.2 Å². The summed E-state index contributed by atoms with van der Waals surface area (Å²) in [7, 11) is 0. The van der Waals surface area contributed by atoms with Gasteiger partial charge in [0.2, 0.25) is 5.78 Å². The Morgan fingerprint density at radius 2 is 1.57 bits per heavy atom. The van der Waals surface area contributed by atoms with E-state index in [1.165, 1.54) is 25.7 Å². The van der Waals surface area contributed by atoms with Crippen LogP contribution >= 0.6 is 44.3 Å². The number of carbonyl (C=O) groups is 1. The Hall–Kier alpha value is -1.34. The van der Waals surface area contributed by atoms with Crippen molar-refractivity contribution < 1.29 is 9.53 Å². The zero-order valence-corrected chi connectivity index (χ0v) is 25.0. The van der Waals surface area contributed by atoms with E-state index < -0.39 is 0 Å². The van der Waals surface area contributed by atoms with Crippen LogP contribution in [0, 0.1) is 0 Å². The van der Waals surface area contributed by atoms with Crippen molar-refractivity contribution in [2.45, 2.75) is 59.3 Å². The van der Waals surface area contributed by atoms with E-state index in [2.05, 4.69) is 63.6 Å². The van der Waals surface area contributed by atoms with Gasteiger partial charge in [-0.3, -0.25) is 4.79 Å². The highest BCUT2D eigenvalue weighted by Gasteiger charge is 2.21. The molecule has 1 aromatic carbocycles. The molecule has 0 saturated heterocycles. The third-order valence-electron chi connectivity index (χ3n) is 6.14. The molecule has 0 unspecified atom stereocenters. The maximum absolute atomic E-state index is 13.5. The second kappa shape index (κ2) is 15.0. The number of ketones is 1. The normalized spacial score (nSPS) is 11.1. The number of aryl methyl sites for hydroxylation is 1. The Morgan fingerprint density at radius 3 is 2.17 bits per heavy atom. The predicted molar refractivity (Wildman–Crippen MR) is 156 cm³/mol. The van der Waals surface area contributed by atoms with Crippen LogP contribution < -0.4 is 4.74 Å². The van der Waals surface area contributed by atoms with E-state index in [1.54, 1.807) is 0 Å². The molecule has 0 N–H and O–H groups in total. The van der Waals surface area contributed by atoms with Crippen molar-refractivity contribution in [2.24, 2.45) is 0 Å². The molecule has 0 aliphatic carbocycles. The standard InChI is InChI=1S/C28H36Br2N2O2.ClH/c1-4-7-13-31(14-8-5-2)15-11-17-34-28-24(29)19-22(20-25(28)30)27(33)26-21(6-3)18-23-12-9-10-16-32(23)26;/h9-10,12,16,18-20H,4-8,11,13-15,17H2,1-3H3;1H. The molecule has 0 atom stereocenters. The van der Waals surface area contributed by atoms with Crippen LogP contribution in [0.15, 0.2) is 51.5 Å². The van der Waals surface area contributed by atoms with Gasteiger partial charge in [0.1, 0.15) is 5.75 Å². The lowest BCUT2D eigenvalue weighted by atomic mass is 10.0. The summed E-state index contributed by atoms with van der Waals surface area (Å²) in [5, 5.41) is 0. The molecule has 0 aliphatic heterocycles. The van der Waals surface area contributed by atoms with Gasteiger partial charge in [0, 0.05) is 23.8 Å². The number of nitrogens with zero attached hydrogens (tertiary/aromatic N) is 2. The lowest BCUT2D eigenvalue weighted by molar-refractivity contribution is 0.103. The molecule has 0 spiro atoms. The zero-order valence-electron chi connectivity index (χ0n) is 21.0. The molecule has 0 saturated carbocycles. The van der Waals surface area contributed by atoms with Crippen molar-refractivity contribution in [1.82, 2.24) is 9.30 Å². The third kappa shape index (κ3) is 7.82. The third-order valence-corrected chi connectivity index (χ3v) is 7.31. The van der Waals surface area contributed by atoms with Crippen LogP contribution in [-0.4, -0.2) is 41.3 Å². The highest BCUT2D eigenvalue weighted by molar-refractivity contribution is 9.11. The van der Waals surface area contributed by atoms with Crippen LogP contribution in [0.4, 0.5) is 0 Å².